The summed E-state index contributed by atoms with van der Waals surface area (Å²) in [6.45, 7) is 4.83. The molecular formula is C26H36N4O2. The number of carbonyl (C=O) groups is 2. The molecule has 2 heterocycles. The van der Waals surface area contributed by atoms with E-state index in [1.54, 1.807) is 24.5 Å². The number of rotatable bonds is 3. The van der Waals surface area contributed by atoms with Crippen molar-refractivity contribution in [3.63, 3.8) is 0 Å². The van der Waals surface area contributed by atoms with E-state index in [0.717, 1.165) is 12.8 Å². The van der Waals surface area contributed by atoms with Gasteiger partial charge in [0.15, 0.2) is 0 Å². The van der Waals surface area contributed by atoms with Gasteiger partial charge in [0.25, 0.3) is 0 Å². The number of aromatic nitrogens is 1. The monoisotopic (exact) mass is 436 g/mol. The number of pyridine rings is 1. The van der Waals surface area contributed by atoms with Crippen LogP contribution in [0.25, 0.3) is 0 Å². The summed E-state index contributed by atoms with van der Waals surface area (Å²) in [5.41, 5.74) is 7.40. The van der Waals surface area contributed by atoms with Crippen LogP contribution in [0.1, 0.15) is 58.8 Å². The zero-order valence-electron chi connectivity index (χ0n) is 19.5. The Balaban J connectivity index is 1.32. The van der Waals surface area contributed by atoms with E-state index in [1.165, 1.54) is 25.7 Å². The van der Waals surface area contributed by atoms with Crippen molar-refractivity contribution in [3.8, 4) is 0 Å². The minimum Gasteiger partial charge on any atom is -0.396 e. The van der Waals surface area contributed by atoms with E-state index in [2.05, 4.69) is 30.2 Å². The molecule has 3 fully saturated rings. The van der Waals surface area contributed by atoms with Gasteiger partial charge in [-0.3, -0.25) is 14.6 Å². The van der Waals surface area contributed by atoms with Crippen LogP contribution in [0.3, 0.4) is 0 Å². The molecule has 3 saturated carbocycles. The number of amides is 2. The van der Waals surface area contributed by atoms with Crippen LogP contribution in [-0.2, 0) is 9.59 Å². The highest BCUT2D eigenvalue weighted by atomic mass is 16.2. The summed E-state index contributed by atoms with van der Waals surface area (Å²) < 4.78 is 0. The number of nitrogens with zero attached hydrogens (tertiary/aromatic N) is 2. The molecule has 7 atom stereocenters. The smallest absolute Gasteiger partial charge is 0.246 e. The Morgan fingerprint density at radius 1 is 1.22 bits per heavy atom. The van der Waals surface area contributed by atoms with E-state index < -0.39 is 0 Å². The molecular weight excluding hydrogens is 400 g/mol. The van der Waals surface area contributed by atoms with Gasteiger partial charge in [0.05, 0.1) is 17.6 Å². The minimum atomic E-state index is 0.0583. The highest BCUT2D eigenvalue weighted by molar-refractivity contribution is 5.93. The van der Waals surface area contributed by atoms with Crippen molar-refractivity contribution in [2.45, 2.75) is 64.8 Å². The van der Waals surface area contributed by atoms with Gasteiger partial charge in [0.1, 0.15) is 0 Å². The first kappa shape index (κ1) is 21.5. The van der Waals surface area contributed by atoms with Gasteiger partial charge in [0.2, 0.25) is 11.8 Å². The average Bonchev–Trinajstić information content (AvgIpc) is 3.09. The Morgan fingerprint density at radius 2 is 2.03 bits per heavy atom. The van der Waals surface area contributed by atoms with Gasteiger partial charge >= 0.3 is 0 Å². The maximum Gasteiger partial charge on any atom is 0.246 e. The number of nitrogen functional groups attached to an aromatic ring is 1. The van der Waals surface area contributed by atoms with Crippen molar-refractivity contribution in [3.05, 3.63) is 30.6 Å². The lowest BCUT2D eigenvalue weighted by molar-refractivity contribution is -0.139. The molecule has 4 aliphatic rings. The number of carbonyl (C=O) groups excluding carboxylic acids is 2. The average molecular weight is 437 g/mol. The Kier molecular flexibility index (Phi) is 5.10. The van der Waals surface area contributed by atoms with E-state index in [1.807, 2.05) is 11.9 Å². The van der Waals surface area contributed by atoms with E-state index in [9.17, 15) is 9.59 Å². The van der Waals surface area contributed by atoms with Crippen LogP contribution in [-0.4, -0.2) is 34.8 Å². The van der Waals surface area contributed by atoms with Gasteiger partial charge in [0, 0.05) is 31.1 Å². The molecule has 3 N–H and O–H groups in total. The molecule has 3 aliphatic carbocycles. The minimum absolute atomic E-state index is 0.0583. The van der Waals surface area contributed by atoms with Crippen molar-refractivity contribution in [1.29, 1.82) is 0 Å². The molecule has 6 heteroatoms. The topological polar surface area (TPSA) is 88.3 Å². The molecule has 1 aromatic rings. The second-order valence-corrected chi connectivity index (χ2v) is 11.2. The van der Waals surface area contributed by atoms with Crippen molar-refractivity contribution in [2.75, 3.05) is 18.1 Å². The molecule has 32 heavy (non-hydrogen) atoms. The molecule has 1 aromatic heterocycles. The number of hydrogen-bond donors (Lipinski definition) is 2. The lowest BCUT2D eigenvalue weighted by atomic mass is 9.47. The van der Waals surface area contributed by atoms with Crippen LogP contribution in [0.4, 0.5) is 11.4 Å². The summed E-state index contributed by atoms with van der Waals surface area (Å²) in [4.78, 5) is 31.1. The maximum atomic E-state index is 12.9. The first-order valence-electron chi connectivity index (χ1n) is 12.2. The third kappa shape index (κ3) is 3.17. The van der Waals surface area contributed by atoms with Gasteiger partial charge in [-0.1, -0.05) is 19.9 Å². The first-order chi connectivity index (χ1) is 15.2. The summed E-state index contributed by atoms with van der Waals surface area (Å²) in [5, 5.41) is 3.01. The van der Waals surface area contributed by atoms with Gasteiger partial charge in [-0.15, -0.1) is 0 Å². The first-order valence-corrected chi connectivity index (χ1v) is 12.2. The van der Waals surface area contributed by atoms with Crippen molar-refractivity contribution in [1.82, 2.24) is 9.88 Å². The second kappa shape index (κ2) is 7.60. The van der Waals surface area contributed by atoms with E-state index in [4.69, 9.17) is 5.73 Å². The highest BCUT2D eigenvalue weighted by Crippen LogP contribution is 2.65. The van der Waals surface area contributed by atoms with Crippen molar-refractivity contribution in [2.24, 2.45) is 34.5 Å². The van der Waals surface area contributed by atoms with E-state index in [-0.39, 0.29) is 22.6 Å². The van der Waals surface area contributed by atoms with Gasteiger partial charge in [-0.05, 0) is 79.8 Å². The molecule has 0 aromatic carbocycles. The predicted octanol–water partition coefficient (Wildman–Crippen LogP) is 4.25. The number of nitrogens with two attached hydrogens (primary N) is 1. The van der Waals surface area contributed by atoms with E-state index in [0.29, 0.717) is 47.5 Å². The fourth-order valence-electron chi connectivity index (χ4n) is 8.13. The van der Waals surface area contributed by atoms with Crippen LogP contribution >= 0.6 is 0 Å². The summed E-state index contributed by atoms with van der Waals surface area (Å²) in [6.07, 6.45) is 14.8. The molecule has 1 aliphatic heterocycles. The second-order valence-electron chi connectivity index (χ2n) is 11.2. The molecule has 5 rings (SSSR count). The van der Waals surface area contributed by atoms with Crippen LogP contribution in [0, 0.1) is 34.5 Å². The van der Waals surface area contributed by atoms with E-state index >= 15 is 0 Å². The molecule has 0 bridgehead atoms. The Hall–Kier alpha value is -2.37. The molecule has 6 nitrogen and oxygen atoms in total. The maximum absolute atomic E-state index is 12.9. The zero-order valence-corrected chi connectivity index (χ0v) is 19.5. The normalized spacial score (nSPS) is 40.4. The molecule has 0 radical (unpaired) electrons. The SMILES string of the molecule is CN1C(=O)C=C[C@]2(C)C3CC[C@@]4(C)C(CC[C@@H]4CC(=O)Nc4ccncc4N)C3CCC12. The number of hydrogen-bond acceptors (Lipinski definition) is 4. The third-order valence-corrected chi connectivity index (χ3v) is 9.88. The number of fused-ring (bicyclic) bond motifs is 5. The molecule has 0 spiro atoms. The van der Waals surface area contributed by atoms with Crippen molar-refractivity contribution >= 4 is 23.2 Å². The summed E-state index contributed by atoms with van der Waals surface area (Å²) >= 11 is 0. The fourth-order valence-corrected chi connectivity index (χ4v) is 8.13. The number of anilines is 2. The number of nitrogens with one attached hydrogen (secondary N) is 1. The van der Waals surface area contributed by atoms with Crippen molar-refractivity contribution < 1.29 is 9.59 Å². The van der Waals surface area contributed by atoms with Gasteiger partial charge in [-0.25, -0.2) is 0 Å². The Labute approximate surface area is 191 Å². The molecule has 4 unspecified atom stereocenters. The predicted molar refractivity (Wildman–Crippen MR) is 125 cm³/mol. The van der Waals surface area contributed by atoms with Crippen LogP contribution in [0.2, 0.25) is 0 Å². The summed E-state index contributed by atoms with van der Waals surface area (Å²) in [5.74, 6) is 2.59. The fraction of sp³-hybridized carbons (Fsp3) is 0.654. The van der Waals surface area contributed by atoms with Gasteiger partial charge in [-0.2, -0.15) is 0 Å². The quantitative estimate of drug-likeness (QED) is 0.741. The summed E-state index contributed by atoms with van der Waals surface area (Å²) in [6, 6.07) is 2.08. The Morgan fingerprint density at radius 3 is 2.81 bits per heavy atom. The third-order valence-electron chi connectivity index (χ3n) is 9.88. The standard InChI is InChI=1S/C26H36N4O2/c1-25-11-8-19-17(5-7-22-26(19,2)12-9-24(32)30(22)3)18(25)6-4-16(25)14-23(31)29-21-10-13-28-15-20(21)27/h9-10,12-13,15-19,22H,4-8,11,14,27H2,1-3H3,(H,28,29,31)/t16-,17?,18?,19?,22?,25-,26-/m1/s1. The molecule has 172 valence electrons. The van der Waals surface area contributed by atoms with Crippen LogP contribution < -0.4 is 11.1 Å². The summed E-state index contributed by atoms with van der Waals surface area (Å²) in [7, 11) is 1.97. The number of likely N-dealkylation sites (N-methyl/N-ethyl adjacent to an activating group) is 1. The lowest BCUT2D eigenvalue weighted by Gasteiger charge is -2.60. The lowest BCUT2D eigenvalue weighted by Crippen LogP contribution is -2.59. The van der Waals surface area contributed by atoms with Crippen LogP contribution in [0.5, 0.6) is 0 Å². The Bertz CT molecular complexity index is 961. The molecule has 2 amide bonds. The van der Waals surface area contributed by atoms with Crippen LogP contribution in [0.15, 0.2) is 30.6 Å². The van der Waals surface area contributed by atoms with Gasteiger partial charge < -0.3 is 16.0 Å². The largest absolute Gasteiger partial charge is 0.396 e. The highest BCUT2D eigenvalue weighted by Gasteiger charge is 2.60. The zero-order chi connectivity index (χ0) is 22.7. The molecule has 0 saturated heterocycles.